The molecule has 0 spiro atoms. The molecule has 0 fully saturated rings. The van der Waals surface area contributed by atoms with Gasteiger partial charge in [0, 0.05) is 17.6 Å². The summed E-state index contributed by atoms with van der Waals surface area (Å²) in [7, 11) is 0. The van der Waals surface area contributed by atoms with Crippen molar-refractivity contribution in [3.8, 4) is 0 Å². The van der Waals surface area contributed by atoms with E-state index in [1.54, 1.807) is 0 Å². The summed E-state index contributed by atoms with van der Waals surface area (Å²) in [4.78, 5) is 0. The second-order valence-electron chi connectivity index (χ2n) is 4.86. The van der Waals surface area contributed by atoms with Gasteiger partial charge in [0.2, 0.25) is 0 Å². The molecule has 0 N–H and O–H groups in total. The Kier molecular flexibility index (Phi) is 4.38. The Balaban J connectivity index is 2.72. The molecule has 0 aliphatic carbocycles. The Hall–Kier alpha value is -0.310. The molecule has 3 heteroatoms. The predicted octanol–water partition coefficient (Wildman–Crippen LogP) is 3.82. The predicted molar refractivity (Wildman–Crippen MR) is 68.5 cm³/mol. The van der Waals surface area contributed by atoms with Crippen molar-refractivity contribution in [2.75, 3.05) is 5.33 Å². The van der Waals surface area contributed by atoms with Crippen LogP contribution in [0.15, 0.2) is 12.3 Å². The van der Waals surface area contributed by atoms with Crippen molar-refractivity contribution >= 4 is 15.9 Å². The molecule has 1 rings (SSSR count). The second-order valence-corrected chi connectivity index (χ2v) is 5.42. The Labute approximate surface area is 101 Å². The molecule has 1 atom stereocenters. The lowest BCUT2D eigenvalue weighted by molar-refractivity contribution is 0.354. The van der Waals surface area contributed by atoms with Crippen LogP contribution < -0.4 is 0 Å². The lowest BCUT2D eigenvalue weighted by atomic mass is 9.85. The maximum absolute atomic E-state index is 4.59. The minimum atomic E-state index is 0.330. The Morgan fingerprint density at radius 1 is 1.53 bits per heavy atom. The first-order chi connectivity index (χ1) is 7.00. The molecule has 0 bridgehead atoms. The third-order valence-corrected chi connectivity index (χ3v) is 4.33. The lowest BCUT2D eigenvalue weighted by Crippen LogP contribution is -2.20. The van der Waals surface area contributed by atoms with Crippen LogP contribution in [-0.2, 0) is 6.42 Å². The van der Waals surface area contributed by atoms with Crippen LogP contribution in [0.3, 0.4) is 0 Å². The summed E-state index contributed by atoms with van der Waals surface area (Å²) in [5.74, 6) is 0. The summed E-state index contributed by atoms with van der Waals surface area (Å²) in [6.07, 6.45) is 4.30. The zero-order chi connectivity index (χ0) is 11.5. The first-order valence-electron chi connectivity index (χ1n) is 5.61. The molecule has 1 unspecified atom stereocenters. The highest BCUT2D eigenvalue weighted by Gasteiger charge is 2.22. The molecular weight excluding hydrogens is 252 g/mol. The standard InChI is InChI=1S/C12H21BrN2/c1-5-12(4,9-13)8-11-6-7-15(14-11)10(2)3/h6-7,10H,5,8-9H2,1-4H3. The number of hydrogen-bond donors (Lipinski definition) is 0. The Bertz CT molecular complexity index is 300. The van der Waals surface area contributed by atoms with E-state index in [4.69, 9.17) is 0 Å². The third kappa shape index (κ3) is 3.33. The fourth-order valence-corrected chi connectivity index (χ4v) is 2.06. The summed E-state index contributed by atoms with van der Waals surface area (Å²) >= 11 is 3.59. The van der Waals surface area contributed by atoms with E-state index in [2.05, 4.69) is 61.0 Å². The van der Waals surface area contributed by atoms with Gasteiger partial charge in [-0.15, -0.1) is 0 Å². The minimum Gasteiger partial charge on any atom is -0.270 e. The first-order valence-corrected chi connectivity index (χ1v) is 6.73. The van der Waals surface area contributed by atoms with Crippen LogP contribution in [0.5, 0.6) is 0 Å². The molecule has 0 aromatic carbocycles. The highest BCUT2D eigenvalue weighted by molar-refractivity contribution is 9.09. The van der Waals surface area contributed by atoms with E-state index in [1.807, 2.05) is 4.68 Å². The first kappa shape index (κ1) is 12.8. The Morgan fingerprint density at radius 2 is 2.20 bits per heavy atom. The van der Waals surface area contributed by atoms with Crippen LogP contribution >= 0.6 is 15.9 Å². The van der Waals surface area contributed by atoms with E-state index >= 15 is 0 Å². The normalized spacial score (nSPS) is 15.6. The van der Waals surface area contributed by atoms with Crippen molar-refractivity contribution in [3.63, 3.8) is 0 Å². The van der Waals surface area contributed by atoms with Crippen molar-refractivity contribution in [1.29, 1.82) is 0 Å². The second kappa shape index (κ2) is 5.15. The van der Waals surface area contributed by atoms with Gasteiger partial charge in [0.05, 0.1) is 5.69 Å². The van der Waals surface area contributed by atoms with Gasteiger partial charge >= 0.3 is 0 Å². The number of aromatic nitrogens is 2. The lowest BCUT2D eigenvalue weighted by Gasteiger charge is -2.24. The van der Waals surface area contributed by atoms with Gasteiger partial charge in [-0.2, -0.15) is 5.10 Å². The third-order valence-electron chi connectivity index (χ3n) is 2.98. The summed E-state index contributed by atoms with van der Waals surface area (Å²) in [6, 6.07) is 2.59. The van der Waals surface area contributed by atoms with Crippen molar-refractivity contribution in [2.24, 2.45) is 5.41 Å². The maximum Gasteiger partial charge on any atom is 0.0630 e. The summed E-state index contributed by atoms with van der Waals surface area (Å²) < 4.78 is 2.03. The van der Waals surface area contributed by atoms with Crippen molar-refractivity contribution < 1.29 is 0 Å². The van der Waals surface area contributed by atoms with E-state index in [-0.39, 0.29) is 0 Å². The SMILES string of the molecule is CCC(C)(CBr)Cc1ccn(C(C)C)n1. The van der Waals surface area contributed by atoms with E-state index in [0.29, 0.717) is 11.5 Å². The molecule has 15 heavy (non-hydrogen) atoms. The fraction of sp³-hybridized carbons (Fsp3) is 0.750. The van der Waals surface area contributed by atoms with Crippen LogP contribution in [0.2, 0.25) is 0 Å². The highest BCUT2D eigenvalue weighted by atomic mass is 79.9. The van der Waals surface area contributed by atoms with Crippen LogP contribution in [0.1, 0.15) is 45.9 Å². The molecule has 1 heterocycles. The largest absolute Gasteiger partial charge is 0.270 e. The van der Waals surface area contributed by atoms with Crippen molar-refractivity contribution in [3.05, 3.63) is 18.0 Å². The van der Waals surface area contributed by atoms with Gasteiger partial charge in [0.25, 0.3) is 0 Å². The van der Waals surface area contributed by atoms with Crippen LogP contribution in [0.4, 0.5) is 0 Å². The van der Waals surface area contributed by atoms with Crippen molar-refractivity contribution in [2.45, 2.75) is 46.6 Å². The summed E-state index contributed by atoms with van der Waals surface area (Å²) in [5, 5.41) is 5.62. The molecule has 1 aromatic heterocycles. The molecule has 0 aliphatic heterocycles. The molecule has 0 saturated carbocycles. The summed E-state index contributed by atoms with van der Waals surface area (Å²) in [6.45, 7) is 8.84. The van der Waals surface area contributed by atoms with Gasteiger partial charge < -0.3 is 0 Å². The molecule has 86 valence electrons. The smallest absolute Gasteiger partial charge is 0.0630 e. The average Bonchev–Trinajstić information content (AvgIpc) is 2.66. The molecular formula is C12H21BrN2. The monoisotopic (exact) mass is 272 g/mol. The van der Waals surface area contributed by atoms with E-state index in [0.717, 1.165) is 11.8 Å². The number of alkyl halides is 1. The van der Waals surface area contributed by atoms with Gasteiger partial charge in [-0.05, 0) is 38.2 Å². The van der Waals surface area contributed by atoms with Gasteiger partial charge in [0.15, 0.2) is 0 Å². The van der Waals surface area contributed by atoms with Crippen LogP contribution in [-0.4, -0.2) is 15.1 Å². The molecule has 0 aliphatic rings. The van der Waals surface area contributed by atoms with Gasteiger partial charge in [0.1, 0.15) is 0 Å². The van der Waals surface area contributed by atoms with Crippen LogP contribution in [0, 0.1) is 5.41 Å². The average molecular weight is 273 g/mol. The number of rotatable bonds is 5. The zero-order valence-electron chi connectivity index (χ0n) is 10.1. The molecule has 0 radical (unpaired) electrons. The number of hydrogen-bond acceptors (Lipinski definition) is 1. The summed E-state index contributed by atoms with van der Waals surface area (Å²) in [5.41, 5.74) is 1.53. The topological polar surface area (TPSA) is 17.8 Å². The number of halogens is 1. The van der Waals surface area contributed by atoms with Crippen LogP contribution in [0.25, 0.3) is 0 Å². The van der Waals surface area contributed by atoms with Gasteiger partial charge in [-0.1, -0.05) is 29.8 Å². The van der Waals surface area contributed by atoms with E-state index in [1.165, 1.54) is 12.1 Å². The van der Waals surface area contributed by atoms with Gasteiger partial charge in [-0.3, -0.25) is 4.68 Å². The molecule has 0 saturated heterocycles. The van der Waals surface area contributed by atoms with Crippen molar-refractivity contribution in [1.82, 2.24) is 9.78 Å². The molecule has 0 amide bonds. The molecule has 1 aromatic rings. The van der Waals surface area contributed by atoms with E-state index in [9.17, 15) is 0 Å². The number of nitrogens with zero attached hydrogens (tertiary/aromatic N) is 2. The van der Waals surface area contributed by atoms with E-state index < -0.39 is 0 Å². The maximum atomic E-state index is 4.59. The minimum absolute atomic E-state index is 0.330. The zero-order valence-corrected chi connectivity index (χ0v) is 11.7. The quantitative estimate of drug-likeness (QED) is 0.746. The molecule has 2 nitrogen and oxygen atoms in total. The van der Waals surface area contributed by atoms with Gasteiger partial charge in [-0.25, -0.2) is 0 Å². The fourth-order valence-electron chi connectivity index (χ4n) is 1.46. The Morgan fingerprint density at radius 3 is 2.60 bits per heavy atom. The highest BCUT2D eigenvalue weighted by Crippen LogP contribution is 2.28.